The molecule has 0 radical (unpaired) electrons. The lowest BCUT2D eigenvalue weighted by molar-refractivity contribution is 0.0790. The van der Waals surface area contributed by atoms with Crippen molar-refractivity contribution in [2.24, 2.45) is 5.92 Å². The van der Waals surface area contributed by atoms with Crippen LogP contribution >= 0.6 is 11.6 Å². The number of para-hydroxylation sites is 1. The number of rotatable bonds is 4. The zero-order chi connectivity index (χ0) is 17.4. The van der Waals surface area contributed by atoms with Crippen molar-refractivity contribution in [3.8, 4) is 11.3 Å². The summed E-state index contributed by atoms with van der Waals surface area (Å²) < 4.78 is 0. The Balaban J connectivity index is 1.84. The van der Waals surface area contributed by atoms with Crippen molar-refractivity contribution >= 4 is 28.4 Å². The van der Waals surface area contributed by atoms with Crippen molar-refractivity contribution in [1.29, 1.82) is 0 Å². The summed E-state index contributed by atoms with van der Waals surface area (Å²) >= 11 is 6.35. The highest BCUT2D eigenvalue weighted by Crippen LogP contribution is 2.32. The van der Waals surface area contributed by atoms with Gasteiger partial charge in [-0.1, -0.05) is 48.0 Å². The SMILES string of the molecule is CN(CC1CC1)C(=O)c1cc(-c2ccccc2Cl)nc2ccccc12. The summed E-state index contributed by atoms with van der Waals surface area (Å²) in [4.78, 5) is 19.6. The summed E-state index contributed by atoms with van der Waals surface area (Å²) in [6, 6.07) is 17.2. The van der Waals surface area contributed by atoms with Gasteiger partial charge < -0.3 is 4.90 Å². The standard InChI is InChI=1S/C21H19ClN2O/c1-24(13-14-10-11-14)21(25)17-12-20(16-7-2-4-8-18(16)22)23-19-9-5-3-6-15(17)19/h2-9,12,14H,10-11,13H2,1H3. The first-order chi connectivity index (χ1) is 12.1. The molecule has 0 saturated heterocycles. The van der Waals surface area contributed by atoms with E-state index in [9.17, 15) is 4.79 Å². The van der Waals surface area contributed by atoms with E-state index in [1.165, 1.54) is 12.8 Å². The largest absolute Gasteiger partial charge is 0.341 e. The third kappa shape index (κ3) is 3.24. The van der Waals surface area contributed by atoms with Crippen LogP contribution in [0, 0.1) is 5.92 Å². The van der Waals surface area contributed by atoms with Gasteiger partial charge in [0.2, 0.25) is 0 Å². The van der Waals surface area contributed by atoms with Crippen molar-refractivity contribution in [2.45, 2.75) is 12.8 Å². The van der Waals surface area contributed by atoms with Crippen LogP contribution in [0.1, 0.15) is 23.2 Å². The van der Waals surface area contributed by atoms with E-state index < -0.39 is 0 Å². The molecule has 25 heavy (non-hydrogen) atoms. The number of carbonyl (C=O) groups is 1. The number of pyridine rings is 1. The molecule has 1 heterocycles. The van der Waals surface area contributed by atoms with Crippen LogP contribution < -0.4 is 0 Å². The lowest BCUT2D eigenvalue weighted by atomic mass is 10.0. The highest BCUT2D eigenvalue weighted by molar-refractivity contribution is 6.33. The van der Waals surface area contributed by atoms with E-state index in [0.717, 1.165) is 28.7 Å². The number of benzene rings is 2. The molecular formula is C21H19ClN2O. The lowest BCUT2D eigenvalue weighted by Gasteiger charge is -2.18. The summed E-state index contributed by atoms with van der Waals surface area (Å²) in [6.45, 7) is 0.816. The number of fused-ring (bicyclic) bond motifs is 1. The maximum absolute atomic E-state index is 13.1. The highest BCUT2D eigenvalue weighted by Gasteiger charge is 2.26. The van der Waals surface area contributed by atoms with Crippen molar-refractivity contribution in [3.05, 3.63) is 65.2 Å². The fourth-order valence-corrected chi connectivity index (χ4v) is 3.37. The molecule has 1 aliphatic carbocycles. The Labute approximate surface area is 152 Å². The molecule has 4 rings (SSSR count). The molecule has 1 aromatic heterocycles. The lowest BCUT2D eigenvalue weighted by Crippen LogP contribution is -2.29. The van der Waals surface area contributed by atoms with Gasteiger partial charge in [0.1, 0.15) is 0 Å². The summed E-state index contributed by atoms with van der Waals surface area (Å²) in [5.41, 5.74) is 3.06. The zero-order valence-corrected chi connectivity index (χ0v) is 14.8. The predicted molar refractivity (Wildman–Crippen MR) is 102 cm³/mol. The average molecular weight is 351 g/mol. The van der Waals surface area contributed by atoms with Crippen LogP contribution in [0.15, 0.2) is 54.6 Å². The van der Waals surface area contributed by atoms with Gasteiger partial charge in [0.25, 0.3) is 5.91 Å². The van der Waals surface area contributed by atoms with Gasteiger partial charge in [-0.3, -0.25) is 4.79 Å². The first kappa shape index (κ1) is 16.1. The average Bonchev–Trinajstić information content (AvgIpc) is 3.44. The van der Waals surface area contributed by atoms with E-state index >= 15 is 0 Å². The smallest absolute Gasteiger partial charge is 0.254 e. The zero-order valence-electron chi connectivity index (χ0n) is 14.1. The maximum atomic E-state index is 13.1. The van der Waals surface area contributed by atoms with E-state index in [0.29, 0.717) is 16.5 Å². The van der Waals surface area contributed by atoms with E-state index in [2.05, 4.69) is 0 Å². The van der Waals surface area contributed by atoms with Crippen molar-refractivity contribution in [3.63, 3.8) is 0 Å². The predicted octanol–water partition coefficient (Wildman–Crippen LogP) is 5.04. The monoisotopic (exact) mass is 350 g/mol. The summed E-state index contributed by atoms with van der Waals surface area (Å²) in [7, 11) is 1.88. The minimum absolute atomic E-state index is 0.0406. The van der Waals surface area contributed by atoms with E-state index in [4.69, 9.17) is 16.6 Å². The van der Waals surface area contributed by atoms with Gasteiger partial charge in [-0.25, -0.2) is 4.98 Å². The molecule has 1 saturated carbocycles. The van der Waals surface area contributed by atoms with Crippen molar-refractivity contribution < 1.29 is 4.79 Å². The molecule has 0 N–H and O–H groups in total. The van der Waals surface area contributed by atoms with Crippen molar-refractivity contribution in [2.75, 3.05) is 13.6 Å². The second-order valence-corrected chi connectivity index (χ2v) is 7.09. The molecule has 1 aliphatic rings. The summed E-state index contributed by atoms with van der Waals surface area (Å²) in [5, 5.41) is 1.51. The molecule has 2 aromatic carbocycles. The minimum Gasteiger partial charge on any atom is -0.341 e. The number of nitrogens with zero attached hydrogens (tertiary/aromatic N) is 2. The Bertz CT molecular complexity index is 950. The van der Waals surface area contributed by atoms with Crippen LogP contribution in [0.3, 0.4) is 0 Å². The van der Waals surface area contributed by atoms with Crippen LogP contribution in [0.25, 0.3) is 22.2 Å². The molecule has 4 heteroatoms. The van der Waals surface area contributed by atoms with Crippen LogP contribution in [-0.4, -0.2) is 29.4 Å². The van der Waals surface area contributed by atoms with Gasteiger partial charge in [0.15, 0.2) is 0 Å². The molecule has 126 valence electrons. The number of carbonyl (C=O) groups excluding carboxylic acids is 1. The number of aromatic nitrogens is 1. The molecule has 3 aromatic rings. The van der Waals surface area contributed by atoms with Crippen molar-refractivity contribution in [1.82, 2.24) is 9.88 Å². The highest BCUT2D eigenvalue weighted by atomic mass is 35.5. The number of hydrogen-bond acceptors (Lipinski definition) is 2. The maximum Gasteiger partial charge on any atom is 0.254 e. The van der Waals surface area contributed by atoms with E-state index in [-0.39, 0.29) is 5.91 Å². The normalized spacial score (nSPS) is 13.8. The Hall–Kier alpha value is -2.39. The van der Waals surface area contributed by atoms with Gasteiger partial charge in [-0.2, -0.15) is 0 Å². The molecule has 1 fully saturated rings. The third-order valence-corrected chi connectivity index (χ3v) is 5.00. The Kier molecular flexibility index (Phi) is 4.18. The molecular weight excluding hydrogens is 332 g/mol. The van der Waals surface area contributed by atoms with Crippen LogP contribution in [0.5, 0.6) is 0 Å². The Morgan fingerprint density at radius 3 is 2.64 bits per heavy atom. The molecule has 0 bridgehead atoms. The van der Waals surface area contributed by atoms with Gasteiger partial charge in [-0.05, 0) is 37.0 Å². The van der Waals surface area contributed by atoms with Crippen LogP contribution in [0.4, 0.5) is 0 Å². The fourth-order valence-electron chi connectivity index (χ4n) is 3.14. The van der Waals surface area contributed by atoms with E-state index in [1.54, 1.807) is 0 Å². The molecule has 0 atom stereocenters. The van der Waals surface area contributed by atoms with Gasteiger partial charge in [0.05, 0.1) is 16.8 Å². The second kappa shape index (κ2) is 6.49. The van der Waals surface area contributed by atoms with Gasteiger partial charge >= 0.3 is 0 Å². The fraction of sp³-hybridized carbons (Fsp3) is 0.238. The van der Waals surface area contributed by atoms with Crippen LogP contribution in [0.2, 0.25) is 5.02 Å². The Morgan fingerprint density at radius 1 is 1.16 bits per heavy atom. The molecule has 0 unspecified atom stereocenters. The van der Waals surface area contributed by atoms with E-state index in [1.807, 2.05) is 66.5 Å². The number of hydrogen-bond donors (Lipinski definition) is 0. The molecule has 3 nitrogen and oxygen atoms in total. The molecule has 0 spiro atoms. The van der Waals surface area contributed by atoms with Gasteiger partial charge in [0, 0.05) is 29.6 Å². The minimum atomic E-state index is 0.0406. The number of amides is 1. The summed E-state index contributed by atoms with van der Waals surface area (Å²) in [5.74, 6) is 0.698. The van der Waals surface area contributed by atoms with Crippen LogP contribution in [-0.2, 0) is 0 Å². The second-order valence-electron chi connectivity index (χ2n) is 6.68. The molecule has 0 aliphatic heterocycles. The quantitative estimate of drug-likeness (QED) is 0.660. The first-order valence-electron chi connectivity index (χ1n) is 8.53. The Morgan fingerprint density at radius 2 is 1.88 bits per heavy atom. The summed E-state index contributed by atoms with van der Waals surface area (Å²) in [6.07, 6.45) is 2.44. The topological polar surface area (TPSA) is 33.2 Å². The number of halogens is 1. The molecule has 1 amide bonds. The first-order valence-corrected chi connectivity index (χ1v) is 8.91. The van der Waals surface area contributed by atoms with Gasteiger partial charge in [-0.15, -0.1) is 0 Å². The third-order valence-electron chi connectivity index (χ3n) is 4.67.